The molecule has 2 aromatic rings. The van der Waals surface area contributed by atoms with Gasteiger partial charge in [-0.1, -0.05) is 17.7 Å². The Morgan fingerprint density at radius 3 is 2.35 bits per heavy atom. The van der Waals surface area contributed by atoms with E-state index in [4.69, 9.17) is 0 Å². The molecular formula is C17H21NO3SSe. The van der Waals surface area contributed by atoms with Gasteiger partial charge in [0.2, 0.25) is 0 Å². The van der Waals surface area contributed by atoms with Crippen molar-refractivity contribution in [1.82, 2.24) is 0 Å². The Labute approximate surface area is 142 Å². The van der Waals surface area contributed by atoms with E-state index < -0.39 is 24.0 Å². The Morgan fingerprint density at radius 1 is 1.09 bits per heavy atom. The quantitative estimate of drug-likeness (QED) is 0.590. The Bertz CT molecular complexity index is 786. The van der Waals surface area contributed by atoms with Crippen molar-refractivity contribution in [3.63, 3.8) is 0 Å². The summed E-state index contributed by atoms with van der Waals surface area (Å²) in [6.45, 7) is 3.71. The zero-order valence-corrected chi connectivity index (χ0v) is 16.1. The maximum atomic E-state index is 11.3. The number of benzene rings is 2. The van der Waals surface area contributed by atoms with Crippen molar-refractivity contribution in [2.24, 2.45) is 4.99 Å². The molecule has 0 radical (unpaired) electrons. The van der Waals surface area contributed by atoms with Crippen molar-refractivity contribution >= 4 is 39.3 Å². The summed E-state index contributed by atoms with van der Waals surface area (Å²) in [6, 6.07) is 15.0. The Morgan fingerprint density at radius 2 is 1.74 bits per heavy atom. The molecule has 0 saturated carbocycles. The minimum absolute atomic E-state index is 0.163. The first kappa shape index (κ1) is 17.9. The van der Waals surface area contributed by atoms with Gasteiger partial charge in [0.1, 0.15) is 0 Å². The average molecular weight is 398 g/mol. The summed E-state index contributed by atoms with van der Waals surface area (Å²) in [5.74, 6) is 2.31. The molecule has 0 fully saturated rings. The van der Waals surface area contributed by atoms with E-state index in [9.17, 15) is 8.42 Å². The van der Waals surface area contributed by atoms with Crippen molar-refractivity contribution in [1.29, 1.82) is 0 Å². The van der Waals surface area contributed by atoms with Gasteiger partial charge < -0.3 is 0 Å². The average Bonchev–Trinajstić information content (AvgIpc) is 2.90. The number of aliphatic imine (C=N–C) groups is 1. The molecule has 1 atom stereocenters. The topological polar surface area (TPSA) is 55.7 Å². The fraction of sp³-hybridized carbons (Fsp3) is 0.235. The second kappa shape index (κ2) is 7.88. The monoisotopic (exact) mass is 399 g/mol. The fourth-order valence-corrected chi connectivity index (χ4v) is 5.52. The van der Waals surface area contributed by atoms with Crippen LogP contribution in [0.25, 0.3) is 0 Å². The molecule has 0 aliphatic carbocycles. The molecule has 1 aliphatic heterocycles. The van der Waals surface area contributed by atoms with Crippen LogP contribution in [0.1, 0.15) is 12.5 Å². The van der Waals surface area contributed by atoms with Gasteiger partial charge in [-0.2, -0.15) is 8.42 Å². The zero-order chi connectivity index (χ0) is 16.9. The normalized spacial score (nSPS) is 17.3. The fourth-order valence-electron chi connectivity index (χ4n) is 2.01. The van der Waals surface area contributed by atoms with Gasteiger partial charge in [0.05, 0.1) is 11.5 Å². The molecule has 0 bridgehead atoms. The van der Waals surface area contributed by atoms with Gasteiger partial charge >= 0.3 is 64.2 Å². The van der Waals surface area contributed by atoms with Gasteiger partial charge in [0, 0.05) is 0 Å². The summed E-state index contributed by atoms with van der Waals surface area (Å²) < 4.78 is 28.8. The number of nitrogens with zero attached hydrogens (tertiary/aromatic N) is 1. The van der Waals surface area contributed by atoms with E-state index in [2.05, 4.69) is 38.3 Å². The second-order valence-electron chi connectivity index (χ2n) is 5.02. The molecule has 3 rings (SSSR count). The first-order valence-electron chi connectivity index (χ1n) is 7.26. The molecule has 1 heterocycles. The van der Waals surface area contributed by atoms with Gasteiger partial charge in [-0.3, -0.25) is 4.18 Å². The van der Waals surface area contributed by atoms with Gasteiger partial charge in [0.25, 0.3) is 10.1 Å². The van der Waals surface area contributed by atoms with Crippen molar-refractivity contribution < 1.29 is 12.6 Å². The maximum absolute atomic E-state index is 11.3. The molecule has 6 heteroatoms. The molecule has 0 aromatic heterocycles. The summed E-state index contributed by atoms with van der Waals surface area (Å²) in [5, 5.41) is 2.14. The van der Waals surface area contributed by atoms with Crippen LogP contribution in [0.15, 0.2) is 58.4 Å². The van der Waals surface area contributed by atoms with Crippen molar-refractivity contribution in [3.8, 4) is 0 Å². The first-order chi connectivity index (χ1) is 10.9. The Balaban J connectivity index is 0.000000172. The Hall–Kier alpha value is -1.46. The number of hydrogen-bond acceptors (Lipinski definition) is 4. The third-order valence-electron chi connectivity index (χ3n) is 3.21. The standard InChI is InChI=1S/C9H12O3S.C8H9NSe/c1-3-12-13(10,11)9-6-4-8(2)5-7-9;1-10-6-9-7-4-2-3-5-8(7)10/h4-7H,3H2,1-2H3;2-6,10H,1H3. The molecule has 0 spiro atoms. The van der Waals surface area contributed by atoms with Crippen LogP contribution < -0.4 is 4.46 Å². The van der Waals surface area contributed by atoms with Crippen LogP contribution in [0.3, 0.4) is 0 Å². The molecule has 0 amide bonds. The van der Waals surface area contributed by atoms with Crippen LogP contribution in [0.2, 0.25) is 5.82 Å². The molecule has 124 valence electrons. The molecule has 2 aromatic carbocycles. The van der Waals surface area contributed by atoms with Crippen LogP contribution in [0.5, 0.6) is 0 Å². The summed E-state index contributed by atoms with van der Waals surface area (Å²) in [6.07, 6.45) is 0. The minimum atomic E-state index is -3.53. The number of fused-ring (bicyclic) bond motifs is 1. The molecule has 0 saturated heterocycles. The van der Waals surface area contributed by atoms with Crippen LogP contribution in [0.4, 0.5) is 5.69 Å². The molecule has 1 unspecified atom stereocenters. The predicted octanol–water partition coefficient (Wildman–Crippen LogP) is 2.73. The number of rotatable bonds is 3. The van der Waals surface area contributed by atoms with E-state index in [1.807, 2.05) is 13.0 Å². The third-order valence-corrected chi connectivity index (χ3v) is 7.97. The zero-order valence-electron chi connectivity index (χ0n) is 13.4. The van der Waals surface area contributed by atoms with E-state index >= 15 is 0 Å². The van der Waals surface area contributed by atoms with E-state index in [1.54, 1.807) is 31.2 Å². The molecule has 4 nitrogen and oxygen atoms in total. The number of aryl methyl sites for hydroxylation is 1. The molecule has 0 N–H and O–H groups in total. The third kappa shape index (κ3) is 4.75. The summed E-state index contributed by atoms with van der Waals surface area (Å²) in [5.41, 5.74) is 2.22. The predicted molar refractivity (Wildman–Crippen MR) is 97.2 cm³/mol. The van der Waals surface area contributed by atoms with Crippen LogP contribution >= 0.6 is 0 Å². The Kier molecular flexibility index (Phi) is 6.13. The van der Waals surface area contributed by atoms with Crippen LogP contribution in [0, 0.1) is 6.92 Å². The molecular weight excluding hydrogens is 377 g/mol. The SMILES string of the molecule is CCOS(=O)(=O)c1ccc(C)cc1.C[SeH]1C=Nc2ccccc21. The summed E-state index contributed by atoms with van der Waals surface area (Å²) in [7, 11) is -3.53. The first-order valence-corrected chi connectivity index (χ1v) is 12.6. The van der Waals surface area contributed by atoms with Gasteiger partial charge in [-0.25, -0.2) is 0 Å². The van der Waals surface area contributed by atoms with E-state index in [0.29, 0.717) is 0 Å². The summed E-state index contributed by atoms with van der Waals surface area (Å²) in [4.78, 5) is 4.53. The van der Waals surface area contributed by atoms with Crippen molar-refractivity contribution in [2.45, 2.75) is 24.6 Å². The number of para-hydroxylation sites is 1. The van der Waals surface area contributed by atoms with Gasteiger partial charge in [0.15, 0.2) is 0 Å². The number of hydrogen-bond donors (Lipinski definition) is 0. The molecule has 23 heavy (non-hydrogen) atoms. The van der Waals surface area contributed by atoms with Gasteiger partial charge in [-0.15, -0.1) is 0 Å². The van der Waals surface area contributed by atoms with Crippen LogP contribution in [-0.4, -0.2) is 34.0 Å². The van der Waals surface area contributed by atoms with E-state index in [-0.39, 0.29) is 11.5 Å². The van der Waals surface area contributed by atoms with E-state index in [0.717, 1.165) is 5.56 Å². The second-order valence-corrected chi connectivity index (χ2v) is 10.7. The summed E-state index contributed by atoms with van der Waals surface area (Å²) >= 11 is -0.801. The van der Waals surface area contributed by atoms with Crippen molar-refractivity contribution in [3.05, 3.63) is 54.1 Å². The van der Waals surface area contributed by atoms with E-state index in [1.165, 1.54) is 10.1 Å². The van der Waals surface area contributed by atoms with Crippen LogP contribution in [-0.2, 0) is 14.3 Å². The molecule has 1 aliphatic rings. The van der Waals surface area contributed by atoms with Gasteiger partial charge in [-0.05, 0) is 26.0 Å². The van der Waals surface area contributed by atoms with Crippen molar-refractivity contribution in [2.75, 3.05) is 6.61 Å².